The topological polar surface area (TPSA) is 21.3 Å². The molecule has 55 heavy (non-hydrogen) atoms. The zero-order chi connectivity index (χ0) is 36.6. The van der Waals surface area contributed by atoms with Crippen molar-refractivity contribution in [2.24, 2.45) is 0 Å². The Morgan fingerprint density at radius 2 is 0.927 bits per heavy atom. The van der Waals surface area contributed by atoms with Crippen LogP contribution in [0.4, 0.5) is 34.1 Å². The average molecular weight is 707 g/mol. The van der Waals surface area contributed by atoms with Gasteiger partial charge < -0.3 is 4.74 Å². The predicted molar refractivity (Wildman–Crippen MR) is 223 cm³/mol. The van der Waals surface area contributed by atoms with Gasteiger partial charge in [-0.2, -0.15) is 0 Å². The van der Waals surface area contributed by atoms with Gasteiger partial charge in [0, 0.05) is 30.3 Å². The van der Waals surface area contributed by atoms with Crippen LogP contribution in [0, 0.1) is 0 Å². The van der Waals surface area contributed by atoms with E-state index in [1.165, 1.54) is 5.39 Å². The molecule has 5 heteroatoms. The molecule has 0 aliphatic carbocycles. The number of benzene rings is 8. The Kier molecular flexibility index (Phi) is 7.98. The van der Waals surface area contributed by atoms with Gasteiger partial charge in [-0.15, -0.1) is 0 Å². The fraction of sp³-hybridized carbons (Fsp3) is 0. The van der Waals surface area contributed by atoms with Crippen molar-refractivity contribution in [3.63, 3.8) is 0 Å². The molecular weight excluding hydrogens is 673 g/mol. The van der Waals surface area contributed by atoms with Gasteiger partial charge in [0.2, 0.25) is 22.7 Å². The lowest BCUT2D eigenvalue weighted by molar-refractivity contribution is -0.387. The quantitative estimate of drug-likeness (QED) is 0.144. The van der Waals surface area contributed by atoms with Crippen LogP contribution in [0.3, 0.4) is 0 Å². The first kappa shape index (κ1) is 32.0. The second-order valence-electron chi connectivity index (χ2n) is 13.4. The van der Waals surface area contributed by atoms with Crippen LogP contribution in [0.15, 0.2) is 207 Å². The van der Waals surface area contributed by atoms with Crippen molar-refractivity contribution in [1.82, 2.24) is 9.15 Å². The first-order valence-electron chi connectivity index (χ1n) is 18.4. The smallest absolute Gasteiger partial charge is 0.457 e. The zero-order valence-corrected chi connectivity index (χ0v) is 29.8. The van der Waals surface area contributed by atoms with E-state index in [4.69, 9.17) is 4.74 Å². The molecule has 0 fully saturated rings. The normalized spacial score (nSPS) is 12.9. The van der Waals surface area contributed by atoms with Crippen molar-refractivity contribution in [3.8, 4) is 33.8 Å². The van der Waals surface area contributed by atoms with Gasteiger partial charge >= 0.3 is 17.7 Å². The molecule has 2 aliphatic heterocycles. The minimum atomic E-state index is 0.725. The second kappa shape index (κ2) is 13.7. The highest BCUT2D eigenvalue weighted by Gasteiger charge is 2.41. The zero-order valence-electron chi connectivity index (χ0n) is 29.8. The van der Waals surface area contributed by atoms with Gasteiger partial charge in [0.25, 0.3) is 18.1 Å². The molecule has 256 valence electrons. The molecule has 0 aromatic heterocycles. The van der Waals surface area contributed by atoms with Gasteiger partial charge in [-0.05, 0) is 62.1 Å². The molecular formula is C50H34N4O+4. The van der Waals surface area contributed by atoms with Crippen LogP contribution in [0.5, 0.6) is 11.5 Å². The molecule has 0 radical (unpaired) electrons. The molecule has 8 aromatic carbocycles. The molecule has 0 saturated heterocycles. The van der Waals surface area contributed by atoms with Gasteiger partial charge in [-0.25, -0.2) is 0 Å². The summed E-state index contributed by atoms with van der Waals surface area (Å²) in [5, 5.41) is 2.32. The van der Waals surface area contributed by atoms with E-state index in [0.29, 0.717) is 0 Å². The molecule has 0 unspecified atom stereocenters. The van der Waals surface area contributed by atoms with Crippen LogP contribution in [0.2, 0.25) is 0 Å². The summed E-state index contributed by atoms with van der Waals surface area (Å²) >= 11 is 0. The number of hydrogen-bond donors (Lipinski definition) is 0. The van der Waals surface area contributed by atoms with Crippen molar-refractivity contribution in [2.45, 2.75) is 0 Å². The third-order valence-electron chi connectivity index (χ3n) is 9.99. The summed E-state index contributed by atoms with van der Waals surface area (Å²) < 4.78 is 14.9. The molecule has 0 spiro atoms. The van der Waals surface area contributed by atoms with Crippen LogP contribution in [0.25, 0.3) is 33.0 Å². The van der Waals surface area contributed by atoms with Crippen molar-refractivity contribution < 1.29 is 13.9 Å². The number of nitrogens with zero attached hydrogens (tertiary/aromatic N) is 4. The summed E-state index contributed by atoms with van der Waals surface area (Å²) in [6.45, 7) is 0. The number of rotatable bonds is 8. The van der Waals surface area contributed by atoms with Crippen molar-refractivity contribution >= 4 is 56.9 Å². The Morgan fingerprint density at radius 3 is 1.62 bits per heavy atom. The maximum atomic E-state index is 6.55. The lowest BCUT2D eigenvalue weighted by Crippen LogP contribution is -2.05. The average Bonchev–Trinajstić information content (AvgIpc) is 3.91. The van der Waals surface area contributed by atoms with E-state index in [0.717, 1.165) is 73.3 Å². The highest BCUT2D eigenvalue weighted by Crippen LogP contribution is 2.47. The van der Waals surface area contributed by atoms with Crippen LogP contribution in [-0.4, -0.2) is 21.2 Å². The van der Waals surface area contributed by atoms with Gasteiger partial charge in [0.15, 0.2) is 0 Å². The fourth-order valence-electron chi connectivity index (χ4n) is 7.42. The molecule has 8 aromatic rings. The molecule has 0 bridgehead atoms. The largest absolute Gasteiger partial charge is 0.503 e. The molecule has 0 saturated carbocycles. The van der Waals surface area contributed by atoms with Gasteiger partial charge in [0.05, 0.1) is 28.6 Å². The van der Waals surface area contributed by atoms with E-state index in [-0.39, 0.29) is 0 Å². The summed E-state index contributed by atoms with van der Waals surface area (Å²) in [6.07, 6.45) is 4.00. The summed E-state index contributed by atoms with van der Waals surface area (Å²) in [4.78, 5) is 0. The van der Waals surface area contributed by atoms with Crippen LogP contribution < -0.4 is 13.9 Å². The van der Waals surface area contributed by atoms with E-state index in [1.54, 1.807) is 0 Å². The monoisotopic (exact) mass is 706 g/mol. The van der Waals surface area contributed by atoms with Gasteiger partial charge in [0.1, 0.15) is 11.5 Å². The third-order valence-corrected chi connectivity index (χ3v) is 9.99. The Labute approximate surface area is 319 Å². The number of fused-ring (bicyclic) bond motifs is 3. The third kappa shape index (κ3) is 5.98. The molecule has 0 amide bonds. The molecule has 10 rings (SSSR count). The Morgan fingerprint density at radius 1 is 0.382 bits per heavy atom. The van der Waals surface area contributed by atoms with E-state index in [9.17, 15) is 0 Å². The van der Waals surface area contributed by atoms with E-state index in [2.05, 4.69) is 167 Å². The number of hydrogen-bond acceptors (Lipinski definition) is 1. The minimum absolute atomic E-state index is 0.725. The first-order chi connectivity index (χ1) is 27.3. The molecule has 5 nitrogen and oxygen atoms in total. The maximum Gasteiger partial charge on any atom is 0.503 e. The SMILES string of the molecule is C1=[N+](c2ccccc2)C=C[N+]=1c1cccc(Oc2cccc([N+]3=C=[N+](c4c(-c5ccccc5)cccc4-c4ccccc4)c4c3ccc3ccccc43)c2)c1. The van der Waals surface area contributed by atoms with Gasteiger partial charge in [-0.3, -0.25) is 0 Å². The van der Waals surface area contributed by atoms with Crippen LogP contribution in [-0.2, 0) is 0 Å². The number of para-hydroxylation sites is 2. The maximum absolute atomic E-state index is 6.55. The summed E-state index contributed by atoms with van der Waals surface area (Å²) in [5.74, 6) is 1.46. The van der Waals surface area contributed by atoms with E-state index in [1.807, 2.05) is 70.1 Å². The van der Waals surface area contributed by atoms with E-state index < -0.39 is 0 Å². The van der Waals surface area contributed by atoms with Gasteiger partial charge in [-0.1, -0.05) is 124 Å². The Bertz CT molecular complexity index is 2900. The van der Waals surface area contributed by atoms with Crippen molar-refractivity contribution in [3.05, 3.63) is 207 Å². The van der Waals surface area contributed by atoms with Crippen molar-refractivity contribution in [1.29, 1.82) is 0 Å². The Balaban J connectivity index is 1.11. The molecule has 0 atom stereocenters. The molecule has 2 heterocycles. The standard InChI is InChI=1S/C50H34N4O/c1-4-15-37(16-5-1)45-27-14-28-46(38-17-6-2-7-18-38)49(45)54-36-53(48-30-29-39-19-10-11-26-47(39)50(48)54)42-23-13-25-44(34-42)55-43-24-12-22-41(33-43)52-32-31-51(35-52)40-20-8-3-9-21-40/h1-34H/q+4. The predicted octanol–water partition coefficient (Wildman–Crippen LogP) is 12.5. The summed E-state index contributed by atoms with van der Waals surface area (Å²) in [7, 11) is 0. The highest BCUT2D eigenvalue weighted by atomic mass is 16.5. The Hall–Kier alpha value is -7.68. The van der Waals surface area contributed by atoms with Crippen LogP contribution in [0.1, 0.15) is 0 Å². The highest BCUT2D eigenvalue weighted by molar-refractivity contribution is 6.06. The lowest BCUT2D eigenvalue weighted by atomic mass is 9.95. The van der Waals surface area contributed by atoms with Crippen LogP contribution >= 0.6 is 0 Å². The second-order valence-corrected chi connectivity index (χ2v) is 13.4. The first-order valence-corrected chi connectivity index (χ1v) is 18.4. The van der Waals surface area contributed by atoms with E-state index >= 15 is 0 Å². The fourth-order valence-corrected chi connectivity index (χ4v) is 7.42. The van der Waals surface area contributed by atoms with Crippen molar-refractivity contribution in [2.75, 3.05) is 0 Å². The molecule has 2 aliphatic rings. The summed E-state index contributed by atoms with van der Waals surface area (Å²) in [5.41, 5.74) is 10.7. The minimum Gasteiger partial charge on any atom is -0.457 e. The summed E-state index contributed by atoms with van der Waals surface area (Å²) in [6, 6.07) is 74.5. The lowest BCUT2D eigenvalue weighted by Gasteiger charge is -2.11. The molecule has 0 N–H and O–H groups in total. The number of ether oxygens (including phenoxy) is 1.